The van der Waals surface area contributed by atoms with Gasteiger partial charge in [-0.15, -0.1) is 11.8 Å². The van der Waals surface area contributed by atoms with E-state index in [1.807, 2.05) is 42.5 Å². The minimum absolute atomic E-state index is 0.121. The van der Waals surface area contributed by atoms with E-state index in [4.69, 9.17) is 28.2 Å². The maximum Gasteiger partial charge on any atom is 0.115 e. The molecular weight excluding hydrogens is 385 g/mol. The lowest BCUT2D eigenvalue weighted by Gasteiger charge is -2.17. The first-order valence-corrected chi connectivity index (χ1v) is 9.81. The van der Waals surface area contributed by atoms with Crippen molar-refractivity contribution in [2.24, 2.45) is 4.99 Å². The first kappa shape index (κ1) is 17.5. The molecule has 1 N–H and O–H groups in total. The summed E-state index contributed by atoms with van der Waals surface area (Å²) in [5, 5.41) is 11.0. The van der Waals surface area contributed by atoms with Crippen LogP contribution in [0.3, 0.4) is 0 Å². The first-order chi connectivity index (χ1) is 12.6. The van der Waals surface area contributed by atoms with Crippen molar-refractivity contribution in [3.63, 3.8) is 0 Å². The third kappa shape index (κ3) is 3.61. The van der Waals surface area contributed by atoms with Crippen molar-refractivity contribution >= 4 is 46.4 Å². The van der Waals surface area contributed by atoms with Gasteiger partial charge < -0.3 is 5.11 Å². The Balaban J connectivity index is 1.81. The summed E-state index contributed by atoms with van der Waals surface area (Å²) < 4.78 is 0. The van der Waals surface area contributed by atoms with E-state index >= 15 is 0 Å². The second kappa shape index (κ2) is 7.36. The van der Waals surface area contributed by atoms with Gasteiger partial charge in [0.1, 0.15) is 5.75 Å². The SMILES string of the molecule is Oc1ccc(C2=Nc3ccccc3SC(c3ccc(Cl)cc3Cl)C2)cc1. The van der Waals surface area contributed by atoms with Gasteiger partial charge in [-0.05, 0) is 59.7 Å². The minimum atomic E-state index is 0.121. The summed E-state index contributed by atoms with van der Waals surface area (Å²) in [5.74, 6) is 0.245. The molecule has 0 spiro atoms. The second-order valence-corrected chi connectivity index (χ2v) is 8.14. The number of fused-ring (bicyclic) bond motifs is 1. The number of halogens is 2. The molecule has 0 aromatic heterocycles. The molecule has 1 aliphatic rings. The normalized spacial score (nSPS) is 16.5. The van der Waals surface area contributed by atoms with Crippen LogP contribution in [0.5, 0.6) is 5.75 Å². The Labute approximate surface area is 166 Å². The van der Waals surface area contributed by atoms with Crippen LogP contribution < -0.4 is 0 Å². The molecule has 3 aromatic rings. The van der Waals surface area contributed by atoms with Gasteiger partial charge >= 0.3 is 0 Å². The van der Waals surface area contributed by atoms with Crippen LogP contribution in [-0.2, 0) is 0 Å². The summed E-state index contributed by atoms with van der Waals surface area (Å²) in [6.45, 7) is 0. The summed E-state index contributed by atoms with van der Waals surface area (Å²) in [6, 6.07) is 20.9. The van der Waals surface area contributed by atoms with Crippen LogP contribution in [0, 0.1) is 0 Å². The average Bonchev–Trinajstić information content (AvgIpc) is 2.82. The van der Waals surface area contributed by atoms with Crippen LogP contribution in [0.25, 0.3) is 0 Å². The smallest absolute Gasteiger partial charge is 0.115 e. The molecule has 0 bridgehead atoms. The van der Waals surface area contributed by atoms with E-state index < -0.39 is 0 Å². The van der Waals surface area contributed by atoms with Crippen LogP contribution in [0.15, 0.2) is 76.6 Å². The number of aromatic hydroxyl groups is 1. The fourth-order valence-electron chi connectivity index (χ4n) is 2.98. The molecule has 1 atom stereocenters. The molecule has 26 heavy (non-hydrogen) atoms. The van der Waals surface area contributed by atoms with Gasteiger partial charge in [0.2, 0.25) is 0 Å². The Morgan fingerprint density at radius 2 is 1.73 bits per heavy atom. The summed E-state index contributed by atoms with van der Waals surface area (Å²) in [5.41, 5.74) is 3.96. The van der Waals surface area contributed by atoms with Gasteiger partial charge in [0.25, 0.3) is 0 Å². The number of para-hydroxylation sites is 1. The van der Waals surface area contributed by atoms with Crippen molar-refractivity contribution in [3.8, 4) is 5.75 Å². The highest BCUT2D eigenvalue weighted by atomic mass is 35.5. The van der Waals surface area contributed by atoms with Crippen molar-refractivity contribution in [2.75, 3.05) is 0 Å². The monoisotopic (exact) mass is 399 g/mol. The summed E-state index contributed by atoms with van der Waals surface area (Å²) >= 11 is 14.3. The first-order valence-electron chi connectivity index (χ1n) is 8.18. The molecule has 0 aliphatic carbocycles. The molecule has 0 fully saturated rings. The summed E-state index contributed by atoms with van der Waals surface area (Å²) in [7, 11) is 0. The molecule has 1 aliphatic heterocycles. The second-order valence-electron chi connectivity index (χ2n) is 6.05. The van der Waals surface area contributed by atoms with E-state index in [0.717, 1.165) is 33.8 Å². The lowest BCUT2D eigenvalue weighted by atomic mass is 10.0. The van der Waals surface area contributed by atoms with Gasteiger partial charge in [-0.2, -0.15) is 0 Å². The molecular formula is C21H15Cl2NOS. The van der Waals surface area contributed by atoms with Crippen LogP contribution in [0.2, 0.25) is 10.0 Å². The Kier molecular flexibility index (Phi) is 4.94. The third-order valence-electron chi connectivity index (χ3n) is 4.28. The van der Waals surface area contributed by atoms with Crippen LogP contribution in [-0.4, -0.2) is 10.8 Å². The highest BCUT2D eigenvalue weighted by Gasteiger charge is 2.24. The van der Waals surface area contributed by atoms with Crippen molar-refractivity contribution in [1.29, 1.82) is 0 Å². The number of hydrogen-bond acceptors (Lipinski definition) is 3. The van der Waals surface area contributed by atoms with Gasteiger partial charge in [0.05, 0.1) is 5.69 Å². The van der Waals surface area contributed by atoms with Gasteiger partial charge in [-0.25, -0.2) is 0 Å². The predicted molar refractivity (Wildman–Crippen MR) is 110 cm³/mol. The Morgan fingerprint density at radius 3 is 2.50 bits per heavy atom. The molecule has 0 saturated heterocycles. The highest BCUT2D eigenvalue weighted by Crippen LogP contribution is 2.47. The molecule has 0 amide bonds. The van der Waals surface area contributed by atoms with E-state index in [1.165, 1.54) is 0 Å². The maximum atomic E-state index is 9.59. The number of rotatable bonds is 2. The molecule has 5 heteroatoms. The maximum absolute atomic E-state index is 9.59. The van der Waals surface area contributed by atoms with Crippen LogP contribution >= 0.6 is 35.0 Å². The van der Waals surface area contributed by atoms with Crippen molar-refractivity contribution in [3.05, 3.63) is 87.9 Å². The zero-order valence-electron chi connectivity index (χ0n) is 13.7. The summed E-state index contributed by atoms with van der Waals surface area (Å²) in [6.07, 6.45) is 0.728. The zero-order chi connectivity index (χ0) is 18.1. The number of nitrogens with zero attached hydrogens (tertiary/aromatic N) is 1. The summed E-state index contributed by atoms with van der Waals surface area (Å²) in [4.78, 5) is 6.03. The van der Waals surface area contributed by atoms with E-state index in [1.54, 1.807) is 30.0 Å². The Morgan fingerprint density at radius 1 is 0.962 bits per heavy atom. The van der Waals surface area contributed by atoms with Crippen molar-refractivity contribution in [2.45, 2.75) is 16.6 Å². The molecule has 0 saturated carbocycles. The fraction of sp³-hybridized carbons (Fsp3) is 0.0952. The molecule has 1 unspecified atom stereocenters. The number of aliphatic imine (C=N–C) groups is 1. The van der Waals surface area contributed by atoms with Crippen molar-refractivity contribution < 1.29 is 5.11 Å². The number of thioether (sulfide) groups is 1. The third-order valence-corrected chi connectivity index (χ3v) is 6.15. The minimum Gasteiger partial charge on any atom is -0.508 e. The molecule has 1 heterocycles. The number of benzene rings is 3. The van der Waals surface area contributed by atoms with Gasteiger partial charge in [0, 0.05) is 32.3 Å². The molecule has 2 nitrogen and oxygen atoms in total. The average molecular weight is 400 g/mol. The molecule has 3 aromatic carbocycles. The van der Waals surface area contributed by atoms with E-state index in [9.17, 15) is 5.11 Å². The van der Waals surface area contributed by atoms with E-state index in [-0.39, 0.29) is 11.0 Å². The fourth-order valence-corrected chi connectivity index (χ4v) is 4.86. The van der Waals surface area contributed by atoms with E-state index in [0.29, 0.717) is 10.0 Å². The molecule has 0 radical (unpaired) electrons. The molecule has 130 valence electrons. The van der Waals surface area contributed by atoms with Gasteiger partial charge in [-0.3, -0.25) is 4.99 Å². The predicted octanol–water partition coefficient (Wildman–Crippen LogP) is 7.06. The van der Waals surface area contributed by atoms with Gasteiger partial charge in [-0.1, -0.05) is 41.4 Å². The molecule has 4 rings (SSSR count). The topological polar surface area (TPSA) is 32.6 Å². The van der Waals surface area contributed by atoms with Crippen LogP contribution in [0.1, 0.15) is 22.8 Å². The number of phenols is 1. The van der Waals surface area contributed by atoms with E-state index in [2.05, 4.69) is 6.07 Å². The van der Waals surface area contributed by atoms with Crippen molar-refractivity contribution in [1.82, 2.24) is 0 Å². The Bertz CT molecular complexity index is 986. The lowest BCUT2D eigenvalue weighted by molar-refractivity contribution is 0.475. The van der Waals surface area contributed by atoms with Crippen LogP contribution in [0.4, 0.5) is 5.69 Å². The number of hydrogen-bond donors (Lipinski definition) is 1. The Hall–Kier alpha value is -1.94. The lowest BCUT2D eigenvalue weighted by Crippen LogP contribution is -2.05. The zero-order valence-corrected chi connectivity index (χ0v) is 16.0. The quantitative estimate of drug-likeness (QED) is 0.500. The largest absolute Gasteiger partial charge is 0.508 e. The van der Waals surface area contributed by atoms with Gasteiger partial charge in [0.15, 0.2) is 0 Å². The highest BCUT2D eigenvalue weighted by molar-refractivity contribution is 7.99. The standard InChI is InChI=1S/C21H15Cl2NOS/c22-14-7-10-16(17(23)11-14)21-12-19(13-5-8-15(25)9-6-13)24-18-3-1-2-4-20(18)26-21/h1-11,21,25H,12H2. The number of phenolic OH excluding ortho intramolecular Hbond substituents is 1.